The fourth-order valence-electron chi connectivity index (χ4n) is 2.34. The summed E-state index contributed by atoms with van der Waals surface area (Å²) in [5, 5.41) is 0. The minimum atomic E-state index is -0.315. The summed E-state index contributed by atoms with van der Waals surface area (Å²) < 4.78 is 18.4. The topological polar surface area (TPSA) is 47.3 Å². The van der Waals surface area contributed by atoms with Crippen molar-refractivity contribution in [2.75, 3.05) is 7.11 Å². The first-order valence-electron chi connectivity index (χ1n) is 5.94. The molecule has 94 valence electrons. The van der Waals surface area contributed by atoms with Crippen LogP contribution in [0.3, 0.4) is 0 Å². The summed E-state index contributed by atoms with van der Waals surface area (Å²) in [6.45, 7) is 2.21. The molecule has 1 aromatic carbocycles. The van der Waals surface area contributed by atoms with E-state index in [9.17, 15) is 4.39 Å². The van der Waals surface area contributed by atoms with Gasteiger partial charge in [-0.15, -0.1) is 0 Å². The Balaban J connectivity index is 2.04. The lowest BCUT2D eigenvalue weighted by Crippen LogP contribution is -2.38. The predicted octanol–water partition coefficient (Wildman–Crippen LogP) is 1.86. The van der Waals surface area contributed by atoms with Gasteiger partial charge in [-0.05, 0) is 42.4 Å². The van der Waals surface area contributed by atoms with E-state index in [2.05, 4.69) is 12.3 Å². The lowest BCUT2D eigenvalue weighted by molar-refractivity contribution is 0.385. The highest BCUT2D eigenvalue weighted by Crippen LogP contribution is 2.41. The van der Waals surface area contributed by atoms with Crippen molar-refractivity contribution in [1.29, 1.82) is 0 Å². The molecule has 3 atom stereocenters. The molecular weight excluding hydrogens is 219 g/mol. The Bertz CT molecular complexity index is 397. The Morgan fingerprint density at radius 2 is 2.29 bits per heavy atom. The largest absolute Gasteiger partial charge is 0.494 e. The van der Waals surface area contributed by atoms with Gasteiger partial charge in [0, 0.05) is 6.04 Å². The number of nitrogens with one attached hydrogen (secondary N) is 1. The molecule has 1 aliphatic carbocycles. The van der Waals surface area contributed by atoms with Crippen LogP contribution in [0, 0.1) is 17.7 Å². The average Bonchev–Trinajstić information content (AvgIpc) is 3.03. The summed E-state index contributed by atoms with van der Waals surface area (Å²) in [4.78, 5) is 0. The van der Waals surface area contributed by atoms with Crippen molar-refractivity contribution in [2.24, 2.45) is 17.7 Å². The first kappa shape index (κ1) is 12.3. The van der Waals surface area contributed by atoms with Crippen molar-refractivity contribution in [1.82, 2.24) is 5.43 Å². The summed E-state index contributed by atoms with van der Waals surface area (Å²) in [5.41, 5.74) is 3.79. The zero-order valence-electron chi connectivity index (χ0n) is 10.2. The van der Waals surface area contributed by atoms with Gasteiger partial charge < -0.3 is 4.74 Å². The van der Waals surface area contributed by atoms with E-state index in [0.29, 0.717) is 5.92 Å². The lowest BCUT2D eigenvalue weighted by Gasteiger charge is -2.16. The molecule has 3 unspecified atom stereocenters. The molecule has 0 amide bonds. The van der Waals surface area contributed by atoms with Crippen LogP contribution in [0.2, 0.25) is 0 Å². The van der Waals surface area contributed by atoms with Crippen molar-refractivity contribution in [3.63, 3.8) is 0 Å². The molecule has 1 saturated carbocycles. The first-order chi connectivity index (χ1) is 8.15. The van der Waals surface area contributed by atoms with Gasteiger partial charge in [-0.1, -0.05) is 13.0 Å². The summed E-state index contributed by atoms with van der Waals surface area (Å²) in [7, 11) is 1.47. The van der Waals surface area contributed by atoms with E-state index in [0.717, 1.165) is 17.9 Å². The van der Waals surface area contributed by atoms with Gasteiger partial charge in [0.05, 0.1) is 7.11 Å². The van der Waals surface area contributed by atoms with Crippen molar-refractivity contribution in [3.8, 4) is 5.75 Å². The zero-order chi connectivity index (χ0) is 12.4. The summed E-state index contributed by atoms with van der Waals surface area (Å²) in [5.74, 6) is 6.85. The Kier molecular flexibility index (Phi) is 3.64. The molecule has 17 heavy (non-hydrogen) atoms. The second-order valence-electron chi connectivity index (χ2n) is 4.82. The van der Waals surface area contributed by atoms with Gasteiger partial charge in [-0.3, -0.25) is 11.3 Å². The number of rotatable bonds is 5. The van der Waals surface area contributed by atoms with Gasteiger partial charge in [0.25, 0.3) is 0 Å². The van der Waals surface area contributed by atoms with Crippen LogP contribution in [0.4, 0.5) is 4.39 Å². The SMILES string of the molecule is COc1ccc(CC(NN)C2CC2C)cc1F. The maximum Gasteiger partial charge on any atom is 0.165 e. The van der Waals surface area contributed by atoms with Crippen LogP contribution in [0.1, 0.15) is 18.9 Å². The molecule has 0 aliphatic heterocycles. The fraction of sp³-hybridized carbons (Fsp3) is 0.538. The molecule has 2 rings (SSSR count). The second-order valence-corrected chi connectivity index (χ2v) is 4.82. The third-order valence-corrected chi connectivity index (χ3v) is 3.57. The Labute approximate surface area is 101 Å². The first-order valence-corrected chi connectivity index (χ1v) is 5.94. The maximum absolute atomic E-state index is 13.5. The molecule has 3 nitrogen and oxygen atoms in total. The third kappa shape index (κ3) is 2.76. The van der Waals surface area contributed by atoms with E-state index in [4.69, 9.17) is 10.6 Å². The lowest BCUT2D eigenvalue weighted by atomic mass is 10.0. The number of hydrazine groups is 1. The van der Waals surface area contributed by atoms with Crippen LogP contribution in [0.5, 0.6) is 5.75 Å². The normalized spacial score (nSPS) is 24.5. The Morgan fingerprint density at radius 1 is 1.59 bits per heavy atom. The van der Waals surface area contributed by atoms with E-state index in [1.54, 1.807) is 6.07 Å². The highest BCUT2D eigenvalue weighted by Gasteiger charge is 2.38. The van der Waals surface area contributed by atoms with Crippen molar-refractivity contribution in [3.05, 3.63) is 29.6 Å². The average molecular weight is 238 g/mol. The minimum absolute atomic E-state index is 0.234. The molecule has 0 heterocycles. The molecule has 0 radical (unpaired) electrons. The maximum atomic E-state index is 13.5. The molecule has 0 bridgehead atoms. The summed E-state index contributed by atoms with van der Waals surface area (Å²) in [6, 6.07) is 5.31. The standard InChI is InChI=1S/C13H19FN2O/c1-8-5-10(8)12(16-15)7-9-3-4-13(17-2)11(14)6-9/h3-4,6,8,10,12,16H,5,7,15H2,1-2H3. The molecule has 1 fully saturated rings. The molecule has 4 heteroatoms. The highest BCUT2D eigenvalue weighted by atomic mass is 19.1. The molecular formula is C13H19FN2O. The van der Waals surface area contributed by atoms with E-state index in [1.165, 1.54) is 19.6 Å². The second kappa shape index (κ2) is 5.02. The molecule has 1 aromatic rings. The van der Waals surface area contributed by atoms with Crippen LogP contribution >= 0.6 is 0 Å². The molecule has 0 spiro atoms. The van der Waals surface area contributed by atoms with E-state index >= 15 is 0 Å². The van der Waals surface area contributed by atoms with Gasteiger partial charge >= 0.3 is 0 Å². The Hall–Kier alpha value is -1.13. The molecule has 0 saturated heterocycles. The minimum Gasteiger partial charge on any atom is -0.494 e. The monoisotopic (exact) mass is 238 g/mol. The van der Waals surface area contributed by atoms with E-state index in [1.807, 2.05) is 6.07 Å². The van der Waals surface area contributed by atoms with Gasteiger partial charge in [-0.25, -0.2) is 4.39 Å². The van der Waals surface area contributed by atoms with Gasteiger partial charge in [0.15, 0.2) is 11.6 Å². The van der Waals surface area contributed by atoms with E-state index in [-0.39, 0.29) is 17.6 Å². The van der Waals surface area contributed by atoms with E-state index < -0.39 is 0 Å². The van der Waals surface area contributed by atoms with Crippen molar-refractivity contribution < 1.29 is 9.13 Å². The number of hydrogen-bond donors (Lipinski definition) is 2. The smallest absolute Gasteiger partial charge is 0.165 e. The third-order valence-electron chi connectivity index (χ3n) is 3.57. The number of halogens is 1. The summed E-state index contributed by atoms with van der Waals surface area (Å²) in [6.07, 6.45) is 1.96. The van der Waals surface area contributed by atoms with Crippen LogP contribution in [-0.2, 0) is 6.42 Å². The van der Waals surface area contributed by atoms with Gasteiger partial charge in [0.2, 0.25) is 0 Å². The molecule has 0 aromatic heterocycles. The van der Waals surface area contributed by atoms with Crippen LogP contribution in [0.25, 0.3) is 0 Å². The van der Waals surface area contributed by atoms with Crippen molar-refractivity contribution >= 4 is 0 Å². The summed E-state index contributed by atoms with van der Waals surface area (Å²) >= 11 is 0. The number of hydrogen-bond acceptors (Lipinski definition) is 3. The Morgan fingerprint density at radius 3 is 2.76 bits per heavy atom. The molecule has 1 aliphatic rings. The fourth-order valence-corrected chi connectivity index (χ4v) is 2.34. The highest BCUT2D eigenvalue weighted by molar-refractivity contribution is 5.30. The predicted molar refractivity (Wildman–Crippen MR) is 65.0 cm³/mol. The van der Waals surface area contributed by atoms with Crippen LogP contribution < -0.4 is 16.0 Å². The zero-order valence-corrected chi connectivity index (χ0v) is 10.2. The quantitative estimate of drug-likeness (QED) is 0.608. The number of methoxy groups -OCH3 is 1. The number of ether oxygens (including phenoxy) is 1. The van der Waals surface area contributed by atoms with Gasteiger partial charge in [-0.2, -0.15) is 0 Å². The molecule has 3 N–H and O–H groups in total. The van der Waals surface area contributed by atoms with Crippen LogP contribution in [-0.4, -0.2) is 13.2 Å². The number of nitrogens with two attached hydrogens (primary N) is 1. The van der Waals surface area contributed by atoms with Crippen LogP contribution in [0.15, 0.2) is 18.2 Å². The van der Waals surface area contributed by atoms with Crippen molar-refractivity contribution in [2.45, 2.75) is 25.8 Å². The number of benzene rings is 1. The van der Waals surface area contributed by atoms with Gasteiger partial charge in [0.1, 0.15) is 0 Å².